The van der Waals surface area contributed by atoms with Gasteiger partial charge in [0.2, 0.25) is 0 Å². The maximum atomic E-state index is 12.9. The number of benzene rings is 2. The van der Waals surface area contributed by atoms with E-state index in [0.717, 1.165) is 4.90 Å². The van der Waals surface area contributed by atoms with Gasteiger partial charge in [-0.3, -0.25) is 9.69 Å². The molecule has 2 aromatic carbocycles. The van der Waals surface area contributed by atoms with Crippen LogP contribution in [0.4, 0.5) is 4.79 Å². The quantitative estimate of drug-likeness (QED) is 0.874. The van der Waals surface area contributed by atoms with Crippen LogP contribution in [0.1, 0.15) is 29.2 Å². The van der Waals surface area contributed by atoms with Gasteiger partial charge in [-0.25, -0.2) is 4.79 Å². The van der Waals surface area contributed by atoms with E-state index in [1.165, 1.54) is 0 Å². The third kappa shape index (κ3) is 2.71. The first-order valence-electron chi connectivity index (χ1n) is 7.62. The standard InChI is InChI=1S/C19H14N4O2/c1-19(16-8-4-5-13(9-16)10-20)17(24)23(18(25)22-19)12-15-7-3-2-6-14(15)11-21/h2-9H,12H2,1H3,(H,22,25)/t19-/m1/s1. The average Bonchev–Trinajstić information content (AvgIpc) is 2.86. The van der Waals surface area contributed by atoms with E-state index in [1.54, 1.807) is 55.5 Å². The number of carbonyl (C=O) groups excluding carboxylic acids is 2. The second-order valence-corrected chi connectivity index (χ2v) is 5.91. The first kappa shape index (κ1) is 16.2. The summed E-state index contributed by atoms with van der Waals surface area (Å²) in [5.41, 5.74) is 0.729. The smallest absolute Gasteiger partial charge is 0.319 e. The van der Waals surface area contributed by atoms with Gasteiger partial charge in [0, 0.05) is 0 Å². The van der Waals surface area contributed by atoms with E-state index in [2.05, 4.69) is 11.4 Å². The van der Waals surface area contributed by atoms with E-state index in [0.29, 0.717) is 22.3 Å². The molecule has 1 saturated heterocycles. The summed E-state index contributed by atoms with van der Waals surface area (Å²) < 4.78 is 0. The highest BCUT2D eigenvalue weighted by atomic mass is 16.2. The van der Waals surface area contributed by atoms with Crippen molar-refractivity contribution in [2.45, 2.75) is 19.0 Å². The van der Waals surface area contributed by atoms with Crippen LogP contribution in [0.3, 0.4) is 0 Å². The summed E-state index contributed by atoms with van der Waals surface area (Å²) in [6, 6.07) is 17.0. The van der Waals surface area contributed by atoms with Gasteiger partial charge in [0.05, 0.1) is 29.8 Å². The maximum Gasteiger partial charge on any atom is 0.325 e. The zero-order valence-electron chi connectivity index (χ0n) is 13.5. The second kappa shape index (κ2) is 6.10. The lowest BCUT2D eigenvalue weighted by Crippen LogP contribution is -2.40. The molecule has 2 aromatic rings. The topological polar surface area (TPSA) is 97.0 Å². The lowest BCUT2D eigenvalue weighted by atomic mass is 9.91. The summed E-state index contributed by atoms with van der Waals surface area (Å²) in [4.78, 5) is 26.4. The zero-order valence-corrected chi connectivity index (χ0v) is 13.5. The van der Waals surface area contributed by atoms with Gasteiger partial charge in [-0.15, -0.1) is 0 Å². The molecule has 6 nitrogen and oxygen atoms in total. The molecule has 0 radical (unpaired) electrons. The Kier molecular flexibility index (Phi) is 3.96. The fourth-order valence-electron chi connectivity index (χ4n) is 2.87. The van der Waals surface area contributed by atoms with E-state index in [4.69, 9.17) is 5.26 Å². The van der Waals surface area contributed by atoms with Crippen LogP contribution in [0.15, 0.2) is 48.5 Å². The van der Waals surface area contributed by atoms with Crippen LogP contribution < -0.4 is 5.32 Å². The third-order valence-corrected chi connectivity index (χ3v) is 4.31. The molecule has 1 heterocycles. The number of imide groups is 1. The molecule has 25 heavy (non-hydrogen) atoms. The number of carbonyl (C=O) groups is 2. The van der Waals surface area contributed by atoms with E-state index < -0.39 is 17.5 Å². The largest absolute Gasteiger partial charge is 0.325 e. The Morgan fingerprint density at radius 1 is 1.08 bits per heavy atom. The van der Waals surface area contributed by atoms with Gasteiger partial charge in [-0.2, -0.15) is 10.5 Å². The zero-order chi connectivity index (χ0) is 18.0. The van der Waals surface area contributed by atoms with E-state index in [-0.39, 0.29) is 6.54 Å². The Hall–Kier alpha value is -3.64. The molecule has 3 rings (SSSR count). The van der Waals surface area contributed by atoms with Crippen molar-refractivity contribution in [2.75, 3.05) is 0 Å². The van der Waals surface area contributed by atoms with Crippen molar-refractivity contribution in [1.82, 2.24) is 10.2 Å². The van der Waals surface area contributed by atoms with E-state index >= 15 is 0 Å². The van der Waals surface area contributed by atoms with Crippen LogP contribution in [0.2, 0.25) is 0 Å². The van der Waals surface area contributed by atoms with E-state index in [9.17, 15) is 14.9 Å². The van der Waals surface area contributed by atoms with Gasteiger partial charge >= 0.3 is 6.03 Å². The number of nitrogens with zero attached hydrogens (tertiary/aromatic N) is 3. The highest BCUT2D eigenvalue weighted by Gasteiger charge is 2.49. The molecule has 122 valence electrons. The predicted molar refractivity (Wildman–Crippen MR) is 88.7 cm³/mol. The highest BCUT2D eigenvalue weighted by Crippen LogP contribution is 2.30. The molecule has 3 amide bonds. The summed E-state index contributed by atoms with van der Waals surface area (Å²) in [6.07, 6.45) is 0. The van der Waals surface area contributed by atoms with Crippen LogP contribution in [-0.4, -0.2) is 16.8 Å². The number of amides is 3. The number of nitrogens with one attached hydrogen (secondary N) is 1. The monoisotopic (exact) mass is 330 g/mol. The molecular weight excluding hydrogens is 316 g/mol. The fraction of sp³-hybridized carbons (Fsp3) is 0.158. The Morgan fingerprint density at radius 3 is 2.56 bits per heavy atom. The Labute approximate surface area is 144 Å². The second-order valence-electron chi connectivity index (χ2n) is 5.91. The SMILES string of the molecule is C[C@]1(c2cccc(C#N)c2)NC(=O)N(Cc2ccccc2C#N)C1=O. The van der Waals surface area contributed by atoms with Gasteiger partial charge in [0.15, 0.2) is 0 Å². The number of urea groups is 1. The molecule has 0 unspecified atom stereocenters. The van der Waals surface area contributed by atoms with E-state index in [1.807, 2.05) is 6.07 Å². The molecule has 1 atom stereocenters. The lowest BCUT2D eigenvalue weighted by molar-refractivity contribution is -0.131. The summed E-state index contributed by atoms with van der Waals surface area (Å²) in [7, 11) is 0. The first-order chi connectivity index (χ1) is 12.0. The van der Waals surface area contributed by atoms with Crippen molar-refractivity contribution < 1.29 is 9.59 Å². The lowest BCUT2D eigenvalue weighted by Gasteiger charge is -2.22. The van der Waals surface area contributed by atoms with Gasteiger partial charge in [-0.05, 0) is 36.2 Å². The van der Waals surface area contributed by atoms with Crippen molar-refractivity contribution in [1.29, 1.82) is 10.5 Å². The third-order valence-electron chi connectivity index (χ3n) is 4.31. The highest BCUT2D eigenvalue weighted by molar-refractivity contribution is 6.07. The summed E-state index contributed by atoms with van der Waals surface area (Å²) in [5.74, 6) is -0.416. The average molecular weight is 330 g/mol. The fourth-order valence-corrected chi connectivity index (χ4v) is 2.87. The van der Waals surface area contributed by atoms with Gasteiger partial charge in [0.25, 0.3) is 5.91 Å². The maximum absolute atomic E-state index is 12.9. The molecule has 0 aliphatic carbocycles. The van der Waals surface area contributed by atoms with Crippen LogP contribution in [0.5, 0.6) is 0 Å². The molecule has 0 bridgehead atoms. The number of nitriles is 2. The van der Waals surface area contributed by atoms with Crippen LogP contribution in [-0.2, 0) is 16.9 Å². The minimum Gasteiger partial charge on any atom is -0.319 e. The Morgan fingerprint density at radius 2 is 1.84 bits per heavy atom. The number of hydrogen-bond donors (Lipinski definition) is 1. The van der Waals surface area contributed by atoms with Crippen molar-refractivity contribution in [2.24, 2.45) is 0 Å². The number of hydrogen-bond acceptors (Lipinski definition) is 4. The molecule has 0 saturated carbocycles. The Balaban J connectivity index is 1.95. The molecule has 1 aliphatic heterocycles. The summed E-state index contributed by atoms with van der Waals surface area (Å²) in [5, 5.41) is 20.9. The molecule has 6 heteroatoms. The molecular formula is C19H14N4O2. The van der Waals surface area contributed by atoms with Crippen molar-refractivity contribution >= 4 is 11.9 Å². The van der Waals surface area contributed by atoms with Crippen LogP contribution >= 0.6 is 0 Å². The van der Waals surface area contributed by atoms with Gasteiger partial charge in [-0.1, -0.05) is 30.3 Å². The van der Waals surface area contributed by atoms with Crippen molar-refractivity contribution in [3.8, 4) is 12.1 Å². The summed E-state index contributed by atoms with van der Waals surface area (Å²) in [6.45, 7) is 1.63. The Bertz CT molecular complexity index is 954. The number of rotatable bonds is 3. The normalized spacial score (nSPS) is 19.2. The predicted octanol–water partition coefficient (Wildman–Crippen LogP) is 2.40. The summed E-state index contributed by atoms with van der Waals surface area (Å²) >= 11 is 0. The first-order valence-corrected chi connectivity index (χ1v) is 7.62. The van der Waals surface area contributed by atoms with Crippen LogP contribution in [0, 0.1) is 22.7 Å². The minimum atomic E-state index is -1.24. The van der Waals surface area contributed by atoms with Crippen molar-refractivity contribution in [3.63, 3.8) is 0 Å². The minimum absolute atomic E-state index is 0.0158. The molecule has 1 fully saturated rings. The van der Waals surface area contributed by atoms with Gasteiger partial charge < -0.3 is 5.32 Å². The molecule has 1 N–H and O–H groups in total. The van der Waals surface area contributed by atoms with Crippen molar-refractivity contribution in [3.05, 3.63) is 70.8 Å². The molecule has 0 spiro atoms. The van der Waals surface area contributed by atoms with Gasteiger partial charge in [0.1, 0.15) is 5.54 Å². The van der Waals surface area contributed by atoms with Crippen LogP contribution in [0.25, 0.3) is 0 Å². The molecule has 1 aliphatic rings. The molecule has 0 aromatic heterocycles.